The first kappa shape index (κ1) is 16.9. The Hall–Kier alpha value is -1.14. The Kier molecular flexibility index (Phi) is 10.3. The summed E-state index contributed by atoms with van der Waals surface area (Å²) in [5.41, 5.74) is 6.17. The molecule has 0 unspecified atom stereocenters. The van der Waals surface area contributed by atoms with Gasteiger partial charge in [0.05, 0.1) is 0 Å². The van der Waals surface area contributed by atoms with Crippen molar-refractivity contribution in [2.45, 2.75) is 19.4 Å². The molecular weight excluding hydrogens is 227 g/mol. The molecule has 1 aromatic carbocycles. The highest BCUT2D eigenvalue weighted by molar-refractivity contribution is 6.58. The number of benzene rings is 1. The van der Waals surface area contributed by atoms with Crippen LogP contribution in [0.3, 0.4) is 0 Å². The van der Waals surface area contributed by atoms with Crippen LogP contribution >= 0.6 is 0 Å². The third-order valence-electron chi connectivity index (χ3n) is 2.37. The summed E-state index contributed by atoms with van der Waals surface area (Å²) >= 11 is 0. The lowest BCUT2D eigenvalue weighted by molar-refractivity contribution is 0.426. The molecule has 0 aliphatic heterocycles. The average molecular weight is 250 g/mol. The van der Waals surface area contributed by atoms with Crippen LogP contribution in [0.5, 0.6) is 0 Å². The van der Waals surface area contributed by atoms with Gasteiger partial charge in [-0.15, -0.1) is 6.58 Å². The van der Waals surface area contributed by atoms with Crippen molar-refractivity contribution in [3.8, 4) is 0 Å². The molecule has 0 heterocycles. The minimum atomic E-state index is -1.38. The van der Waals surface area contributed by atoms with E-state index in [1.165, 1.54) is 7.05 Å². The fourth-order valence-electron chi connectivity index (χ4n) is 1.41. The van der Waals surface area contributed by atoms with Crippen molar-refractivity contribution in [3.05, 3.63) is 42.5 Å². The predicted octanol–water partition coefficient (Wildman–Crippen LogP) is -0.00290. The predicted molar refractivity (Wildman–Crippen MR) is 77.5 cm³/mol. The standard InChI is InChI=1S/C12H18BNO2.CH5N/c1-2-3-4-9-14-10-11-5-7-12(8-6-11)13(15)16;1-2/h2,5-8,14-16H,1,3-4,9-10H2;2H2,1H3. The van der Waals surface area contributed by atoms with Crippen LogP contribution in [-0.4, -0.2) is 30.8 Å². The van der Waals surface area contributed by atoms with Crippen molar-refractivity contribution in [3.63, 3.8) is 0 Å². The first-order valence-corrected chi connectivity index (χ1v) is 6.08. The van der Waals surface area contributed by atoms with Crippen molar-refractivity contribution < 1.29 is 10.0 Å². The van der Waals surface area contributed by atoms with E-state index >= 15 is 0 Å². The molecule has 0 bridgehead atoms. The molecule has 0 spiro atoms. The second-order valence-corrected chi connectivity index (χ2v) is 3.72. The van der Waals surface area contributed by atoms with Gasteiger partial charge in [-0.2, -0.15) is 0 Å². The molecule has 1 aromatic rings. The zero-order valence-corrected chi connectivity index (χ0v) is 11.0. The van der Waals surface area contributed by atoms with Gasteiger partial charge < -0.3 is 21.1 Å². The van der Waals surface area contributed by atoms with Gasteiger partial charge in [0.1, 0.15) is 0 Å². The Morgan fingerprint density at radius 3 is 2.39 bits per heavy atom. The van der Waals surface area contributed by atoms with E-state index in [-0.39, 0.29) is 0 Å². The number of unbranched alkanes of at least 4 members (excludes halogenated alkanes) is 1. The molecule has 0 amide bonds. The van der Waals surface area contributed by atoms with Crippen LogP contribution in [0, 0.1) is 0 Å². The zero-order chi connectivity index (χ0) is 13.8. The van der Waals surface area contributed by atoms with Gasteiger partial charge in [0.2, 0.25) is 0 Å². The van der Waals surface area contributed by atoms with Crippen molar-refractivity contribution in [1.29, 1.82) is 0 Å². The fourth-order valence-corrected chi connectivity index (χ4v) is 1.41. The van der Waals surface area contributed by atoms with Gasteiger partial charge in [-0.05, 0) is 37.5 Å². The van der Waals surface area contributed by atoms with Gasteiger partial charge in [0.25, 0.3) is 0 Å². The number of nitrogens with one attached hydrogen (secondary N) is 1. The second-order valence-electron chi connectivity index (χ2n) is 3.72. The molecule has 0 radical (unpaired) electrons. The Labute approximate surface area is 110 Å². The molecule has 5 heteroatoms. The minimum absolute atomic E-state index is 0.524. The second kappa shape index (κ2) is 11.0. The summed E-state index contributed by atoms with van der Waals surface area (Å²) in [5, 5.41) is 21.1. The van der Waals surface area contributed by atoms with Gasteiger partial charge in [0, 0.05) is 6.54 Å². The molecule has 0 aliphatic carbocycles. The van der Waals surface area contributed by atoms with E-state index in [4.69, 9.17) is 10.0 Å². The maximum Gasteiger partial charge on any atom is 0.488 e. The number of allylic oxidation sites excluding steroid dienone is 1. The normalized spacial score (nSPS) is 9.33. The van der Waals surface area contributed by atoms with Gasteiger partial charge in [-0.25, -0.2) is 0 Å². The van der Waals surface area contributed by atoms with Crippen molar-refractivity contribution in [2.75, 3.05) is 13.6 Å². The molecule has 0 fully saturated rings. The summed E-state index contributed by atoms with van der Waals surface area (Å²) in [5.74, 6) is 0. The lowest BCUT2D eigenvalue weighted by Gasteiger charge is -2.05. The maximum absolute atomic E-state index is 8.92. The molecule has 0 atom stereocenters. The van der Waals surface area contributed by atoms with Crippen molar-refractivity contribution in [1.82, 2.24) is 5.32 Å². The summed E-state index contributed by atoms with van der Waals surface area (Å²) in [6.45, 7) is 5.44. The van der Waals surface area contributed by atoms with Gasteiger partial charge in [-0.3, -0.25) is 0 Å². The molecule has 18 heavy (non-hydrogen) atoms. The van der Waals surface area contributed by atoms with E-state index < -0.39 is 7.12 Å². The quantitative estimate of drug-likeness (QED) is 0.312. The number of rotatable bonds is 7. The van der Waals surface area contributed by atoms with Gasteiger partial charge in [-0.1, -0.05) is 30.3 Å². The molecule has 0 aromatic heterocycles. The topological polar surface area (TPSA) is 78.5 Å². The lowest BCUT2D eigenvalue weighted by atomic mass is 9.80. The number of hydrogen-bond acceptors (Lipinski definition) is 4. The van der Waals surface area contributed by atoms with Crippen LogP contribution in [0.4, 0.5) is 0 Å². The molecule has 1 rings (SSSR count). The monoisotopic (exact) mass is 250 g/mol. The lowest BCUT2D eigenvalue weighted by Crippen LogP contribution is -2.29. The Morgan fingerprint density at radius 1 is 1.28 bits per heavy atom. The van der Waals surface area contributed by atoms with Gasteiger partial charge in [0.15, 0.2) is 0 Å². The van der Waals surface area contributed by atoms with Crippen LogP contribution in [-0.2, 0) is 6.54 Å². The van der Waals surface area contributed by atoms with Crippen LogP contribution in [0.1, 0.15) is 18.4 Å². The summed E-state index contributed by atoms with van der Waals surface area (Å²) < 4.78 is 0. The highest BCUT2D eigenvalue weighted by Crippen LogP contribution is 1.97. The smallest absolute Gasteiger partial charge is 0.423 e. The van der Waals surface area contributed by atoms with Gasteiger partial charge >= 0.3 is 7.12 Å². The third-order valence-corrected chi connectivity index (χ3v) is 2.37. The first-order chi connectivity index (χ1) is 8.74. The van der Waals surface area contributed by atoms with E-state index in [2.05, 4.69) is 17.6 Å². The molecule has 0 saturated heterocycles. The first-order valence-electron chi connectivity index (χ1n) is 6.08. The Bertz CT molecular complexity index is 315. The molecule has 100 valence electrons. The Morgan fingerprint density at radius 2 is 1.89 bits per heavy atom. The Balaban J connectivity index is 0.00000137. The average Bonchev–Trinajstić information content (AvgIpc) is 2.41. The summed E-state index contributed by atoms with van der Waals surface area (Å²) in [4.78, 5) is 0. The fraction of sp³-hybridized carbons (Fsp3) is 0.385. The van der Waals surface area contributed by atoms with E-state index in [0.717, 1.165) is 31.5 Å². The number of nitrogens with two attached hydrogens (primary N) is 1. The van der Waals surface area contributed by atoms with E-state index in [1.54, 1.807) is 12.1 Å². The molecule has 0 aliphatic rings. The SMILES string of the molecule is C=CCCCNCc1ccc(B(O)O)cc1.CN. The minimum Gasteiger partial charge on any atom is -0.423 e. The molecule has 5 N–H and O–H groups in total. The molecular formula is C13H23BN2O2. The van der Waals surface area contributed by atoms with Crippen LogP contribution < -0.4 is 16.5 Å². The van der Waals surface area contributed by atoms with Crippen LogP contribution in [0.2, 0.25) is 0 Å². The summed E-state index contributed by atoms with van der Waals surface area (Å²) in [7, 11) is 0.120. The highest BCUT2D eigenvalue weighted by Gasteiger charge is 2.09. The molecule has 4 nitrogen and oxygen atoms in total. The summed E-state index contributed by atoms with van der Waals surface area (Å²) in [6, 6.07) is 7.25. The van der Waals surface area contributed by atoms with Crippen LogP contribution in [0.25, 0.3) is 0 Å². The van der Waals surface area contributed by atoms with E-state index in [1.807, 2.05) is 18.2 Å². The third kappa shape index (κ3) is 7.24. The largest absolute Gasteiger partial charge is 0.488 e. The van der Waals surface area contributed by atoms with Crippen molar-refractivity contribution >= 4 is 12.6 Å². The van der Waals surface area contributed by atoms with E-state index in [0.29, 0.717) is 5.46 Å². The maximum atomic E-state index is 8.92. The summed E-state index contributed by atoms with van der Waals surface area (Å²) in [6.07, 6.45) is 4.04. The zero-order valence-electron chi connectivity index (χ0n) is 11.0. The van der Waals surface area contributed by atoms with Crippen molar-refractivity contribution in [2.24, 2.45) is 5.73 Å². The number of hydrogen-bond donors (Lipinski definition) is 4. The highest BCUT2D eigenvalue weighted by atomic mass is 16.4. The van der Waals surface area contributed by atoms with E-state index in [9.17, 15) is 0 Å². The molecule has 0 saturated carbocycles. The van der Waals surface area contributed by atoms with Crippen LogP contribution in [0.15, 0.2) is 36.9 Å².